The number of carbonyl (C=O) groups excluding carboxylic acids is 2. The van der Waals surface area contributed by atoms with E-state index in [-0.39, 0.29) is 17.9 Å². The summed E-state index contributed by atoms with van der Waals surface area (Å²) in [5.41, 5.74) is 5.81. The van der Waals surface area contributed by atoms with Gasteiger partial charge in [0.1, 0.15) is 0 Å². The number of amides is 2. The lowest BCUT2D eigenvalue weighted by molar-refractivity contribution is -0.134. The third-order valence-electron chi connectivity index (χ3n) is 2.96. The van der Waals surface area contributed by atoms with Crippen LogP contribution in [0, 0.1) is 5.92 Å². The van der Waals surface area contributed by atoms with Gasteiger partial charge in [-0.1, -0.05) is 13.8 Å². The van der Waals surface area contributed by atoms with Gasteiger partial charge in [-0.15, -0.1) is 0 Å². The van der Waals surface area contributed by atoms with Crippen LogP contribution < -0.4 is 11.1 Å². The number of nitrogens with zero attached hydrogens (tertiary/aromatic N) is 1. The van der Waals surface area contributed by atoms with E-state index in [4.69, 9.17) is 10.5 Å². The molecule has 1 rings (SSSR count). The zero-order valence-corrected chi connectivity index (χ0v) is 11.3. The average molecular weight is 243 g/mol. The van der Waals surface area contributed by atoms with Gasteiger partial charge in [0.25, 0.3) is 0 Å². The van der Waals surface area contributed by atoms with E-state index in [0.717, 1.165) is 19.4 Å². The average Bonchev–Trinajstić information content (AvgIpc) is 2.73. The van der Waals surface area contributed by atoms with Crippen LogP contribution in [0.25, 0.3) is 0 Å². The van der Waals surface area contributed by atoms with Crippen LogP contribution in [0.5, 0.6) is 0 Å². The normalized spacial score (nSPS) is 20.6. The van der Waals surface area contributed by atoms with Crippen molar-refractivity contribution in [3.05, 3.63) is 0 Å². The van der Waals surface area contributed by atoms with E-state index in [1.54, 1.807) is 7.05 Å². The van der Waals surface area contributed by atoms with Crippen molar-refractivity contribution in [1.29, 1.82) is 0 Å². The molecule has 0 aromatic rings. The second kappa shape index (κ2) is 8.06. The fourth-order valence-corrected chi connectivity index (χ4v) is 1.74. The molecule has 3 N–H and O–H groups in total. The Hall–Kier alpha value is -1.10. The number of hydrogen-bond donors (Lipinski definition) is 2. The maximum atomic E-state index is 11.8. The Morgan fingerprint density at radius 2 is 2.06 bits per heavy atom. The molecule has 5 heteroatoms. The van der Waals surface area contributed by atoms with Crippen LogP contribution in [-0.4, -0.2) is 42.9 Å². The molecular formula is C12H25N3O2. The smallest absolute Gasteiger partial charge is 0.239 e. The van der Waals surface area contributed by atoms with E-state index in [9.17, 15) is 4.79 Å². The first-order valence-electron chi connectivity index (χ1n) is 6.12. The number of likely N-dealkylation sites (tertiary alicyclic amines) is 1. The molecule has 1 aliphatic rings. The molecule has 0 radical (unpaired) electrons. The minimum absolute atomic E-state index is 0.125. The summed E-state index contributed by atoms with van der Waals surface area (Å²) in [5.74, 6) is 0.361. The SMILES string of the molecule is CC(C)C(N)C(=O)N1CCCC1C.CNC=O. The lowest BCUT2D eigenvalue weighted by atomic mass is 10.0. The van der Waals surface area contributed by atoms with Crippen LogP contribution in [-0.2, 0) is 9.59 Å². The molecule has 0 aromatic carbocycles. The molecule has 2 amide bonds. The summed E-state index contributed by atoms with van der Waals surface area (Å²) in [6.07, 6.45) is 2.87. The van der Waals surface area contributed by atoms with Gasteiger partial charge in [-0.2, -0.15) is 0 Å². The zero-order valence-electron chi connectivity index (χ0n) is 11.3. The lowest BCUT2D eigenvalue weighted by Gasteiger charge is -2.26. The maximum absolute atomic E-state index is 11.8. The fraction of sp³-hybridized carbons (Fsp3) is 0.833. The number of rotatable bonds is 3. The number of nitrogens with one attached hydrogen (secondary N) is 1. The third kappa shape index (κ3) is 5.17. The molecule has 2 unspecified atom stereocenters. The van der Waals surface area contributed by atoms with Crippen molar-refractivity contribution in [2.75, 3.05) is 13.6 Å². The lowest BCUT2D eigenvalue weighted by Crippen LogP contribution is -2.47. The quantitative estimate of drug-likeness (QED) is 0.702. The molecule has 5 nitrogen and oxygen atoms in total. The summed E-state index contributed by atoms with van der Waals surface area (Å²) in [6.45, 7) is 6.96. The van der Waals surface area contributed by atoms with Crippen LogP contribution in [0.2, 0.25) is 0 Å². The summed E-state index contributed by atoms with van der Waals surface area (Å²) >= 11 is 0. The van der Waals surface area contributed by atoms with Crippen molar-refractivity contribution in [3.63, 3.8) is 0 Å². The summed E-state index contributed by atoms with van der Waals surface area (Å²) in [7, 11) is 1.56. The molecule has 17 heavy (non-hydrogen) atoms. The molecule has 100 valence electrons. The Morgan fingerprint density at radius 1 is 1.53 bits per heavy atom. The minimum Gasteiger partial charge on any atom is -0.362 e. The molecule has 0 aliphatic carbocycles. The molecule has 1 saturated heterocycles. The highest BCUT2D eigenvalue weighted by Crippen LogP contribution is 2.18. The third-order valence-corrected chi connectivity index (χ3v) is 2.96. The van der Waals surface area contributed by atoms with Crippen molar-refractivity contribution in [2.45, 2.75) is 45.7 Å². The fourth-order valence-electron chi connectivity index (χ4n) is 1.74. The predicted molar refractivity (Wildman–Crippen MR) is 68.3 cm³/mol. The van der Waals surface area contributed by atoms with Crippen molar-refractivity contribution in [3.8, 4) is 0 Å². The molecule has 1 aliphatic heterocycles. The number of hydrogen-bond acceptors (Lipinski definition) is 3. The highest BCUT2D eigenvalue weighted by molar-refractivity contribution is 5.82. The first kappa shape index (κ1) is 15.9. The monoisotopic (exact) mass is 243 g/mol. The van der Waals surface area contributed by atoms with E-state index >= 15 is 0 Å². The first-order chi connectivity index (χ1) is 7.95. The van der Waals surface area contributed by atoms with E-state index < -0.39 is 0 Å². The molecule has 0 bridgehead atoms. The van der Waals surface area contributed by atoms with Crippen LogP contribution in [0.3, 0.4) is 0 Å². The van der Waals surface area contributed by atoms with Crippen LogP contribution in [0.4, 0.5) is 0 Å². The standard InChI is InChI=1S/C10H20N2O.C2H5NO/c1-7(2)9(11)10(13)12-6-4-5-8(12)3;1-3-2-4/h7-9H,4-6,11H2,1-3H3;2H,1H3,(H,3,4). The van der Waals surface area contributed by atoms with Gasteiger partial charge in [0.05, 0.1) is 6.04 Å². The van der Waals surface area contributed by atoms with Crippen LogP contribution >= 0.6 is 0 Å². The molecule has 0 aromatic heterocycles. The molecule has 1 fully saturated rings. The highest BCUT2D eigenvalue weighted by atomic mass is 16.2. The van der Waals surface area contributed by atoms with Crippen molar-refractivity contribution < 1.29 is 9.59 Å². The van der Waals surface area contributed by atoms with Gasteiger partial charge in [-0.05, 0) is 25.7 Å². The van der Waals surface area contributed by atoms with E-state index in [0.29, 0.717) is 12.5 Å². The van der Waals surface area contributed by atoms with Crippen molar-refractivity contribution in [2.24, 2.45) is 11.7 Å². The highest BCUT2D eigenvalue weighted by Gasteiger charge is 2.29. The van der Waals surface area contributed by atoms with Gasteiger partial charge >= 0.3 is 0 Å². The second-order valence-corrected chi connectivity index (χ2v) is 4.70. The maximum Gasteiger partial charge on any atom is 0.239 e. The topological polar surface area (TPSA) is 75.4 Å². The summed E-state index contributed by atoms with van der Waals surface area (Å²) in [4.78, 5) is 22.8. The summed E-state index contributed by atoms with van der Waals surface area (Å²) < 4.78 is 0. The Morgan fingerprint density at radius 3 is 2.35 bits per heavy atom. The molecular weight excluding hydrogens is 218 g/mol. The predicted octanol–water partition coefficient (Wildman–Crippen LogP) is 0.343. The van der Waals surface area contributed by atoms with Gasteiger partial charge in [-0.25, -0.2) is 0 Å². The molecule has 1 heterocycles. The van der Waals surface area contributed by atoms with E-state index in [1.165, 1.54) is 0 Å². The van der Waals surface area contributed by atoms with Crippen LogP contribution in [0.1, 0.15) is 33.6 Å². The number of nitrogens with two attached hydrogens (primary N) is 1. The molecule has 0 spiro atoms. The first-order valence-corrected chi connectivity index (χ1v) is 6.12. The molecule has 2 atom stereocenters. The largest absolute Gasteiger partial charge is 0.362 e. The van der Waals surface area contributed by atoms with Gasteiger partial charge in [-0.3, -0.25) is 9.59 Å². The minimum atomic E-state index is -0.319. The van der Waals surface area contributed by atoms with Crippen LogP contribution in [0.15, 0.2) is 0 Å². The summed E-state index contributed by atoms with van der Waals surface area (Å²) in [6, 6.07) is 0.0675. The Bertz CT molecular complexity index is 244. The molecule has 0 saturated carbocycles. The van der Waals surface area contributed by atoms with Crippen molar-refractivity contribution >= 4 is 12.3 Å². The summed E-state index contributed by atoms with van der Waals surface area (Å²) in [5, 5.41) is 2.25. The zero-order chi connectivity index (χ0) is 13.4. The van der Waals surface area contributed by atoms with E-state index in [2.05, 4.69) is 12.2 Å². The second-order valence-electron chi connectivity index (χ2n) is 4.70. The number of carbonyl (C=O) groups is 2. The van der Waals surface area contributed by atoms with Crippen molar-refractivity contribution in [1.82, 2.24) is 10.2 Å². The van der Waals surface area contributed by atoms with Gasteiger partial charge in [0.2, 0.25) is 12.3 Å². The Balaban J connectivity index is 0.000000557. The van der Waals surface area contributed by atoms with Gasteiger partial charge in [0.15, 0.2) is 0 Å². The van der Waals surface area contributed by atoms with Gasteiger partial charge < -0.3 is 16.0 Å². The Labute approximate surface area is 104 Å². The Kier molecular flexibility index (Phi) is 7.54. The van der Waals surface area contributed by atoms with E-state index in [1.807, 2.05) is 18.7 Å². The van der Waals surface area contributed by atoms with Gasteiger partial charge in [0, 0.05) is 19.6 Å².